The summed E-state index contributed by atoms with van der Waals surface area (Å²) in [6, 6.07) is 0. The Morgan fingerprint density at radius 3 is 1.86 bits per heavy atom. The number of piperazine rings is 1. The van der Waals surface area contributed by atoms with Crippen molar-refractivity contribution in [3.05, 3.63) is 5.32 Å². The van der Waals surface area contributed by atoms with E-state index in [1.165, 1.54) is 0 Å². The number of nitrogens with one attached hydrogen (secondary N) is 1. The van der Waals surface area contributed by atoms with Crippen molar-refractivity contribution >= 4 is 0 Å². The maximum atomic E-state index is 4.11. The van der Waals surface area contributed by atoms with Crippen molar-refractivity contribution < 1.29 is 44.1 Å². The second-order valence-electron chi connectivity index (χ2n) is 1.42. The molecule has 0 aromatic heterocycles. The van der Waals surface area contributed by atoms with Crippen molar-refractivity contribution in [1.82, 2.24) is 5.32 Å². The molecule has 1 heterocycles. The SMILES string of the molecule is C1CNCC[N-]1.[Ac]. The topological polar surface area (TPSA) is 26.1 Å². The van der Waals surface area contributed by atoms with Crippen LogP contribution in [0.15, 0.2) is 0 Å². The number of rotatable bonds is 0. The van der Waals surface area contributed by atoms with Gasteiger partial charge in [0.25, 0.3) is 0 Å². The van der Waals surface area contributed by atoms with E-state index < -0.39 is 0 Å². The normalized spacial score (nSPS) is 20.6. The third-order valence-electron chi connectivity index (χ3n) is 0.893. The van der Waals surface area contributed by atoms with Gasteiger partial charge in [0.15, 0.2) is 0 Å². The van der Waals surface area contributed by atoms with E-state index in [9.17, 15) is 0 Å². The molecular formula is C4H9AcN2-. The van der Waals surface area contributed by atoms with Gasteiger partial charge in [0.1, 0.15) is 0 Å². The molecule has 3 heteroatoms. The number of hydrogen-bond donors (Lipinski definition) is 1. The summed E-state index contributed by atoms with van der Waals surface area (Å²) in [5.41, 5.74) is 0. The van der Waals surface area contributed by atoms with Gasteiger partial charge in [0.05, 0.1) is 0 Å². The van der Waals surface area contributed by atoms with Crippen molar-refractivity contribution in [1.29, 1.82) is 0 Å². The fraction of sp³-hybridized carbons (Fsp3) is 1.00. The molecule has 39 valence electrons. The first-order valence-electron chi connectivity index (χ1n) is 2.34. The smallest absolute Gasteiger partial charge is 0 e. The molecule has 1 rings (SSSR count). The fourth-order valence-electron chi connectivity index (χ4n) is 0.553. The summed E-state index contributed by atoms with van der Waals surface area (Å²) in [6.45, 7) is 4.19. The van der Waals surface area contributed by atoms with Crippen molar-refractivity contribution in [3.63, 3.8) is 0 Å². The average Bonchev–Trinajstić information content (AvgIpc) is 1.72. The van der Waals surface area contributed by atoms with Gasteiger partial charge in [-0.25, -0.2) is 0 Å². The molecule has 0 bridgehead atoms. The van der Waals surface area contributed by atoms with Crippen LogP contribution in [-0.2, 0) is 0 Å². The Labute approximate surface area is 80.0 Å². The van der Waals surface area contributed by atoms with Crippen LogP contribution in [0.2, 0.25) is 0 Å². The summed E-state index contributed by atoms with van der Waals surface area (Å²) in [7, 11) is 0. The molecule has 0 spiro atoms. The van der Waals surface area contributed by atoms with E-state index in [0.717, 1.165) is 26.2 Å². The van der Waals surface area contributed by atoms with E-state index in [0.29, 0.717) is 0 Å². The quantitative estimate of drug-likeness (QED) is 0.668. The van der Waals surface area contributed by atoms with Crippen molar-refractivity contribution in [2.45, 2.75) is 0 Å². The predicted octanol–water partition coefficient (Wildman–Crippen LogP) is -0.0367. The second-order valence-corrected chi connectivity index (χ2v) is 1.42. The van der Waals surface area contributed by atoms with Gasteiger partial charge in [-0.3, -0.25) is 0 Å². The van der Waals surface area contributed by atoms with E-state index in [1.807, 2.05) is 0 Å². The first-order valence-corrected chi connectivity index (χ1v) is 2.34. The molecule has 1 N–H and O–H groups in total. The Morgan fingerprint density at radius 2 is 1.71 bits per heavy atom. The van der Waals surface area contributed by atoms with Crippen molar-refractivity contribution in [3.8, 4) is 0 Å². The zero-order valence-electron chi connectivity index (χ0n) is 4.35. The van der Waals surface area contributed by atoms with E-state index in [-0.39, 0.29) is 44.1 Å². The molecule has 0 aromatic rings. The van der Waals surface area contributed by atoms with E-state index in [4.69, 9.17) is 0 Å². The molecule has 0 unspecified atom stereocenters. The molecule has 1 saturated heterocycles. The maximum absolute atomic E-state index is 4.11. The van der Waals surface area contributed by atoms with Crippen LogP contribution in [0.1, 0.15) is 0 Å². The van der Waals surface area contributed by atoms with Crippen molar-refractivity contribution in [2.75, 3.05) is 26.2 Å². The van der Waals surface area contributed by atoms with E-state index in [1.54, 1.807) is 0 Å². The molecule has 0 aliphatic carbocycles. The largest absolute Gasteiger partial charge is 0.660 e. The van der Waals surface area contributed by atoms with Gasteiger partial charge in [-0.1, -0.05) is 0 Å². The predicted molar refractivity (Wildman–Crippen MR) is 26.0 cm³/mol. The van der Waals surface area contributed by atoms with E-state index in [2.05, 4.69) is 10.6 Å². The third kappa shape index (κ3) is 3.90. The standard InChI is InChI=1S/C4H9N2.Ac/c1-2-6-4-3-5-1;/h5H,1-4H2;/q-1;. The van der Waals surface area contributed by atoms with Crippen LogP contribution in [0.4, 0.5) is 0 Å². The summed E-state index contributed by atoms with van der Waals surface area (Å²) in [6.07, 6.45) is 0. The van der Waals surface area contributed by atoms with Gasteiger partial charge < -0.3 is 10.6 Å². The molecule has 0 saturated carbocycles. The van der Waals surface area contributed by atoms with Crippen LogP contribution >= 0.6 is 0 Å². The molecule has 0 aromatic carbocycles. The molecule has 1 fully saturated rings. The second kappa shape index (κ2) is 5.50. The van der Waals surface area contributed by atoms with Gasteiger partial charge >= 0.3 is 0 Å². The summed E-state index contributed by atoms with van der Waals surface area (Å²) < 4.78 is 0. The van der Waals surface area contributed by atoms with Crippen LogP contribution in [0, 0.1) is 44.1 Å². The third-order valence-corrected chi connectivity index (χ3v) is 0.893. The fourth-order valence-corrected chi connectivity index (χ4v) is 0.553. The molecule has 2 nitrogen and oxygen atoms in total. The summed E-state index contributed by atoms with van der Waals surface area (Å²) in [4.78, 5) is 0. The minimum atomic E-state index is 0. The monoisotopic (exact) mass is 312 g/mol. The zero-order chi connectivity index (χ0) is 4.24. The zero-order valence-corrected chi connectivity index (χ0v) is 9.10. The minimum Gasteiger partial charge on any atom is -0.660 e. The first-order chi connectivity index (χ1) is 3.00. The molecule has 0 atom stereocenters. The summed E-state index contributed by atoms with van der Waals surface area (Å²) >= 11 is 0. The molecule has 7 heavy (non-hydrogen) atoms. The van der Waals surface area contributed by atoms with Gasteiger partial charge in [0, 0.05) is 44.1 Å². The molecule has 1 radical (unpaired) electrons. The minimum absolute atomic E-state index is 0. The number of nitrogens with zero attached hydrogens (tertiary/aromatic N) is 1. The molecule has 1 aliphatic rings. The van der Waals surface area contributed by atoms with Crippen LogP contribution in [-0.4, -0.2) is 26.2 Å². The summed E-state index contributed by atoms with van der Waals surface area (Å²) in [5.74, 6) is 0. The van der Waals surface area contributed by atoms with E-state index >= 15 is 0 Å². The van der Waals surface area contributed by atoms with Crippen LogP contribution < -0.4 is 5.32 Å². The Balaban J connectivity index is 0.000000360. The number of hydrogen-bond acceptors (Lipinski definition) is 1. The van der Waals surface area contributed by atoms with Crippen LogP contribution in [0.25, 0.3) is 5.32 Å². The Hall–Kier alpha value is 1.36. The van der Waals surface area contributed by atoms with Crippen molar-refractivity contribution in [2.24, 2.45) is 0 Å². The Kier molecular flexibility index (Phi) is 6.57. The Morgan fingerprint density at radius 1 is 1.14 bits per heavy atom. The van der Waals surface area contributed by atoms with Gasteiger partial charge in [-0.05, 0) is 13.1 Å². The molecule has 1 aliphatic heterocycles. The van der Waals surface area contributed by atoms with Crippen LogP contribution in [0.3, 0.4) is 0 Å². The van der Waals surface area contributed by atoms with Gasteiger partial charge in [-0.15, -0.1) is 13.1 Å². The maximum Gasteiger partial charge on any atom is 0 e. The molecular weight excluding hydrogens is 303 g/mol. The first kappa shape index (κ1) is 8.36. The Bertz CT molecular complexity index is 25.2. The average molecular weight is 312 g/mol. The van der Waals surface area contributed by atoms with Gasteiger partial charge in [0.2, 0.25) is 0 Å². The summed E-state index contributed by atoms with van der Waals surface area (Å²) in [5, 5.41) is 7.31. The molecule has 0 amide bonds. The van der Waals surface area contributed by atoms with Gasteiger partial charge in [-0.2, -0.15) is 0 Å². The van der Waals surface area contributed by atoms with Crippen LogP contribution in [0.5, 0.6) is 0 Å².